The molecule has 0 aliphatic rings. The number of hydrogen-bond acceptors (Lipinski definition) is 3. The van der Waals surface area contributed by atoms with Crippen LogP contribution >= 0.6 is 0 Å². The van der Waals surface area contributed by atoms with Gasteiger partial charge in [-0.25, -0.2) is 0 Å². The van der Waals surface area contributed by atoms with Crippen molar-refractivity contribution in [2.24, 2.45) is 0 Å². The normalized spacial score (nSPS) is 11.8. The van der Waals surface area contributed by atoms with Crippen molar-refractivity contribution in [3.63, 3.8) is 0 Å². The van der Waals surface area contributed by atoms with Crippen LogP contribution in [0.15, 0.2) is 30.3 Å². The van der Waals surface area contributed by atoms with E-state index in [0.717, 1.165) is 0 Å². The minimum Gasteiger partial charge on any atom is -0.508 e. The van der Waals surface area contributed by atoms with E-state index in [2.05, 4.69) is 0 Å². The molecule has 0 radical (unpaired) electrons. The number of hydrogen-bond donors (Lipinski definition) is 1. The van der Waals surface area contributed by atoms with Gasteiger partial charge in [0.15, 0.2) is 6.79 Å². The summed E-state index contributed by atoms with van der Waals surface area (Å²) in [7, 11) is 1.51. The van der Waals surface area contributed by atoms with Crippen molar-refractivity contribution < 1.29 is 23.4 Å². The molecule has 0 aliphatic heterocycles. The molecule has 0 fully saturated rings. The molecule has 0 saturated carbocycles. The highest BCUT2D eigenvalue weighted by atomic mass is 19.3. The van der Waals surface area contributed by atoms with Gasteiger partial charge in [-0.15, -0.1) is 0 Å². The van der Waals surface area contributed by atoms with Crippen LogP contribution in [0.3, 0.4) is 0 Å². The summed E-state index contributed by atoms with van der Waals surface area (Å²) >= 11 is 0. The van der Waals surface area contributed by atoms with Gasteiger partial charge < -0.3 is 14.6 Å². The molecule has 0 amide bonds. The van der Waals surface area contributed by atoms with E-state index >= 15 is 8.78 Å². The van der Waals surface area contributed by atoms with Gasteiger partial charge in [-0.1, -0.05) is 13.8 Å². The highest BCUT2D eigenvalue weighted by molar-refractivity contribution is 5.49. The molecule has 0 saturated heterocycles. The summed E-state index contributed by atoms with van der Waals surface area (Å²) in [5, 5.41) is 9.62. The topological polar surface area (TPSA) is 38.7 Å². The second-order valence-electron chi connectivity index (χ2n) is 6.49. The Morgan fingerprint density at radius 2 is 1.68 bits per heavy atom. The van der Waals surface area contributed by atoms with Crippen LogP contribution in [0, 0.1) is 13.8 Å². The van der Waals surface area contributed by atoms with Crippen LogP contribution in [0.5, 0.6) is 11.5 Å². The largest absolute Gasteiger partial charge is 0.508 e. The van der Waals surface area contributed by atoms with Crippen molar-refractivity contribution in [3.05, 3.63) is 58.1 Å². The maximum absolute atomic E-state index is 15.2. The minimum absolute atomic E-state index is 0.0132. The molecule has 0 aromatic heterocycles. The molecular weight excluding hydrogens is 326 g/mol. The minimum atomic E-state index is -3.18. The van der Waals surface area contributed by atoms with Gasteiger partial charge in [0.05, 0.1) is 0 Å². The summed E-state index contributed by atoms with van der Waals surface area (Å²) in [6.45, 7) is 7.07. The first-order valence-corrected chi connectivity index (χ1v) is 8.13. The Morgan fingerprint density at radius 3 is 2.20 bits per heavy atom. The predicted molar refractivity (Wildman–Crippen MR) is 93.6 cm³/mol. The zero-order valence-electron chi connectivity index (χ0n) is 15.2. The van der Waals surface area contributed by atoms with Gasteiger partial charge >= 0.3 is 0 Å². The van der Waals surface area contributed by atoms with Crippen molar-refractivity contribution in [3.8, 4) is 11.5 Å². The quantitative estimate of drug-likeness (QED) is 0.723. The number of benzene rings is 2. The standard InChI is InChI=1S/C20H24F2O3/c1-12(2)17-10-15(6-7-18(17)25-11-24-5)20(21,22)19-13(3)8-16(23)9-14(19)4/h6-10,12,23H,11H2,1-5H3. The number of aromatic hydroxyl groups is 1. The summed E-state index contributed by atoms with van der Waals surface area (Å²) in [6.07, 6.45) is 0. The molecule has 0 atom stereocenters. The van der Waals surface area contributed by atoms with Gasteiger partial charge in [0, 0.05) is 18.2 Å². The second-order valence-corrected chi connectivity index (χ2v) is 6.49. The molecule has 0 spiro atoms. The first kappa shape index (κ1) is 19.2. The first-order valence-electron chi connectivity index (χ1n) is 8.13. The molecule has 5 heteroatoms. The number of rotatable bonds is 6. The fourth-order valence-corrected chi connectivity index (χ4v) is 3.03. The van der Waals surface area contributed by atoms with E-state index in [1.54, 1.807) is 19.9 Å². The van der Waals surface area contributed by atoms with Crippen LogP contribution in [0.2, 0.25) is 0 Å². The molecule has 136 valence electrons. The molecule has 0 heterocycles. The van der Waals surface area contributed by atoms with E-state index in [9.17, 15) is 5.11 Å². The number of aryl methyl sites for hydroxylation is 2. The third kappa shape index (κ3) is 3.93. The average Bonchev–Trinajstić information content (AvgIpc) is 2.51. The number of alkyl halides is 2. The summed E-state index contributed by atoms with van der Waals surface area (Å²) in [6, 6.07) is 7.14. The van der Waals surface area contributed by atoms with Gasteiger partial charge in [-0.05, 0) is 66.8 Å². The Balaban J connectivity index is 2.55. The van der Waals surface area contributed by atoms with E-state index in [-0.39, 0.29) is 29.6 Å². The van der Waals surface area contributed by atoms with Crippen molar-refractivity contribution in [2.45, 2.75) is 39.5 Å². The van der Waals surface area contributed by atoms with Gasteiger partial charge in [0.1, 0.15) is 11.5 Å². The van der Waals surface area contributed by atoms with E-state index < -0.39 is 5.92 Å². The average molecular weight is 350 g/mol. The van der Waals surface area contributed by atoms with Crippen LogP contribution in [0.25, 0.3) is 0 Å². The Kier molecular flexibility index (Phi) is 5.68. The second kappa shape index (κ2) is 7.40. The third-order valence-corrected chi connectivity index (χ3v) is 4.16. The summed E-state index contributed by atoms with van der Waals surface area (Å²) in [5.74, 6) is -2.63. The number of phenolic OH excluding ortho intramolecular Hbond substituents is 1. The van der Waals surface area contributed by atoms with Crippen LogP contribution in [0.4, 0.5) is 8.78 Å². The highest BCUT2D eigenvalue weighted by Crippen LogP contribution is 2.42. The van der Waals surface area contributed by atoms with E-state index in [0.29, 0.717) is 22.4 Å². The summed E-state index contributed by atoms with van der Waals surface area (Å²) < 4.78 is 40.8. The van der Waals surface area contributed by atoms with Crippen molar-refractivity contribution in [1.29, 1.82) is 0 Å². The Labute approximate surface area is 147 Å². The number of methoxy groups -OCH3 is 1. The molecule has 25 heavy (non-hydrogen) atoms. The lowest BCUT2D eigenvalue weighted by Crippen LogP contribution is -2.19. The molecular formula is C20H24F2O3. The number of ether oxygens (including phenoxy) is 2. The van der Waals surface area contributed by atoms with E-state index in [1.165, 1.54) is 31.4 Å². The van der Waals surface area contributed by atoms with Crippen molar-refractivity contribution >= 4 is 0 Å². The Morgan fingerprint density at radius 1 is 1.08 bits per heavy atom. The molecule has 1 N–H and O–H groups in total. The van der Waals surface area contributed by atoms with Crippen LogP contribution < -0.4 is 4.74 Å². The van der Waals surface area contributed by atoms with Gasteiger partial charge in [-0.2, -0.15) is 8.78 Å². The van der Waals surface area contributed by atoms with E-state index in [1.807, 2.05) is 13.8 Å². The fourth-order valence-electron chi connectivity index (χ4n) is 3.03. The Hall–Kier alpha value is -2.14. The lowest BCUT2D eigenvalue weighted by atomic mass is 9.90. The van der Waals surface area contributed by atoms with Crippen molar-refractivity contribution in [1.82, 2.24) is 0 Å². The lowest BCUT2D eigenvalue weighted by molar-refractivity contribution is 0.0404. The molecule has 0 aliphatic carbocycles. The van der Waals surface area contributed by atoms with Gasteiger partial charge in [0.2, 0.25) is 0 Å². The highest BCUT2D eigenvalue weighted by Gasteiger charge is 2.37. The molecule has 2 rings (SSSR count). The maximum atomic E-state index is 15.2. The van der Waals surface area contributed by atoms with Crippen LogP contribution in [0.1, 0.15) is 47.6 Å². The molecule has 0 bridgehead atoms. The number of halogens is 2. The monoisotopic (exact) mass is 350 g/mol. The third-order valence-electron chi connectivity index (χ3n) is 4.16. The van der Waals surface area contributed by atoms with Gasteiger partial charge in [0.25, 0.3) is 5.92 Å². The number of phenols is 1. The predicted octanol–water partition coefficient (Wildman–Crippen LogP) is 5.26. The zero-order valence-corrected chi connectivity index (χ0v) is 15.2. The van der Waals surface area contributed by atoms with Crippen LogP contribution in [-0.2, 0) is 10.7 Å². The first-order chi connectivity index (χ1) is 11.7. The zero-order chi connectivity index (χ0) is 18.8. The van der Waals surface area contributed by atoms with Crippen LogP contribution in [-0.4, -0.2) is 19.0 Å². The fraction of sp³-hybridized carbons (Fsp3) is 0.400. The van der Waals surface area contributed by atoms with Gasteiger partial charge in [-0.3, -0.25) is 0 Å². The van der Waals surface area contributed by atoms with E-state index in [4.69, 9.17) is 9.47 Å². The molecule has 2 aromatic rings. The molecule has 0 unspecified atom stereocenters. The summed E-state index contributed by atoms with van der Waals surface area (Å²) in [4.78, 5) is 0. The SMILES string of the molecule is COCOc1ccc(C(F)(F)c2c(C)cc(O)cc2C)cc1C(C)C. The molecule has 2 aromatic carbocycles. The smallest absolute Gasteiger partial charge is 0.298 e. The lowest BCUT2D eigenvalue weighted by Gasteiger charge is -2.24. The summed E-state index contributed by atoms with van der Waals surface area (Å²) in [5.41, 5.74) is 1.23. The molecule has 3 nitrogen and oxygen atoms in total. The van der Waals surface area contributed by atoms with Crippen molar-refractivity contribution in [2.75, 3.05) is 13.9 Å². The Bertz CT molecular complexity index is 732. The maximum Gasteiger partial charge on any atom is 0.298 e.